The van der Waals surface area contributed by atoms with Crippen molar-refractivity contribution in [2.75, 3.05) is 0 Å². The Balaban J connectivity index is 2.12. The maximum atomic E-state index is 12.8. The van der Waals surface area contributed by atoms with E-state index in [2.05, 4.69) is 5.10 Å². The van der Waals surface area contributed by atoms with Gasteiger partial charge in [-0.2, -0.15) is 5.10 Å². The highest BCUT2D eigenvalue weighted by Gasteiger charge is 2.05. The molecular weight excluding hydrogens is 231 g/mol. The molecule has 3 nitrogen and oxygen atoms in total. The summed E-state index contributed by atoms with van der Waals surface area (Å²) in [4.78, 5) is 10.7. The van der Waals surface area contributed by atoms with Crippen molar-refractivity contribution in [3.05, 3.63) is 60.0 Å². The second-order valence-corrected chi connectivity index (χ2v) is 3.99. The SMILES string of the molecule is O=Cc1ccc2cc(-c3ccc(F)cc3)nn2c1. The first kappa shape index (κ1) is 10.7. The van der Waals surface area contributed by atoms with E-state index in [-0.39, 0.29) is 5.82 Å². The van der Waals surface area contributed by atoms with Crippen LogP contribution in [0.4, 0.5) is 4.39 Å². The Morgan fingerprint density at radius 3 is 2.61 bits per heavy atom. The van der Waals surface area contributed by atoms with Crippen LogP contribution < -0.4 is 0 Å². The average molecular weight is 240 g/mol. The monoisotopic (exact) mass is 240 g/mol. The van der Waals surface area contributed by atoms with E-state index in [1.165, 1.54) is 12.1 Å². The molecule has 0 N–H and O–H groups in total. The molecule has 0 aliphatic heterocycles. The van der Waals surface area contributed by atoms with Gasteiger partial charge in [-0.1, -0.05) is 0 Å². The number of carbonyl (C=O) groups excluding carboxylic acids is 1. The van der Waals surface area contributed by atoms with E-state index >= 15 is 0 Å². The van der Waals surface area contributed by atoms with Crippen molar-refractivity contribution in [2.45, 2.75) is 0 Å². The molecule has 0 spiro atoms. The lowest BCUT2D eigenvalue weighted by atomic mass is 10.1. The molecule has 0 amide bonds. The zero-order valence-electron chi connectivity index (χ0n) is 9.38. The average Bonchev–Trinajstić information content (AvgIpc) is 2.82. The van der Waals surface area contributed by atoms with E-state index in [4.69, 9.17) is 0 Å². The Bertz CT molecular complexity index is 716. The van der Waals surface area contributed by atoms with Crippen LogP contribution in [0.5, 0.6) is 0 Å². The zero-order chi connectivity index (χ0) is 12.5. The predicted molar refractivity (Wildman–Crippen MR) is 66.0 cm³/mol. The van der Waals surface area contributed by atoms with Gasteiger partial charge in [0.15, 0.2) is 6.29 Å². The number of pyridine rings is 1. The lowest BCUT2D eigenvalue weighted by Crippen LogP contribution is -1.90. The minimum atomic E-state index is -0.272. The highest BCUT2D eigenvalue weighted by molar-refractivity contribution is 5.76. The molecule has 0 aliphatic carbocycles. The Hall–Kier alpha value is -2.49. The molecule has 18 heavy (non-hydrogen) atoms. The van der Waals surface area contributed by atoms with Gasteiger partial charge in [0.05, 0.1) is 11.2 Å². The third kappa shape index (κ3) is 1.78. The summed E-state index contributed by atoms with van der Waals surface area (Å²) in [6.45, 7) is 0. The van der Waals surface area contributed by atoms with Crippen molar-refractivity contribution in [1.29, 1.82) is 0 Å². The van der Waals surface area contributed by atoms with Crippen molar-refractivity contribution < 1.29 is 9.18 Å². The van der Waals surface area contributed by atoms with E-state index in [1.54, 1.807) is 28.9 Å². The molecule has 0 atom stereocenters. The lowest BCUT2D eigenvalue weighted by Gasteiger charge is -1.95. The van der Waals surface area contributed by atoms with Gasteiger partial charge in [0.1, 0.15) is 5.82 Å². The van der Waals surface area contributed by atoms with Gasteiger partial charge in [0.2, 0.25) is 0 Å². The maximum absolute atomic E-state index is 12.8. The van der Waals surface area contributed by atoms with Crippen molar-refractivity contribution >= 4 is 11.8 Å². The number of aldehydes is 1. The first-order valence-electron chi connectivity index (χ1n) is 5.47. The Labute approximate surface area is 102 Å². The third-order valence-corrected chi connectivity index (χ3v) is 2.76. The van der Waals surface area contributed by atoms with Gasteiger partial charge in [0.25, 0.3) is 0 Å². The highest BCUT2D eigenvalue weighted by atomic mass is 19.1. The van der Waals surface area contributed by atoms with E-state index in [0.717, 1.165) is 23.1 Å². The minimum absolute atomic E-state index is 0.272. The van der Waals surface area contributed by atoms with Gasteiger partial charge in [0, 0.05) is 17.3 Å². The Kier molecular flexibility index (Phi) is 2.41. The van der Waals surface area contributed by atoms with Crippen LogP contribution in [0, 0.1) is 5.82 Å². The summed E-state index contributed by atoms with van der Waals surface area (Å²) in [6, 6.07) is 11.6. The lowest BCUT2D eigenvalue weighted by molar-refractivity contribution is 0.112. The van der Waals surface area contributed by atoms with Gasteiger partial charge in [-0.3, -0.25) is 4.79 Å². The van der Waals surface area contributed by atoms with Crippen LogP contribution in [-0.4, -0.2) is 15.9 Å². The third-order valence-electron chi connectivity index (χ3n) is 2.76. The van der Waals surface area contributed by atoms with Crippen molar-refractivity contribution in [3.8, 4) is 11.3 Å². The van der Waals surface area contributed by atoms with Gasteiger partial charge in [-0.15, -0.1) is 0 Å². The number of hydrogen-bond donors (Lipinski definition) is 0. The van der Waals surface area contributed by atoms with Crippen LogP contribution >= 0.6 is 0 Å². The number of rotatable bonds is 2. The molecule has 0 aliphatic rings. The van der Waals surface area contributed by atoms with Crippen LogP contribution in [0.25, 0.3) is 16.8 Å². The first-order valence-corrected chi connectivity index (χ1v) is 5.47. The van der Waals surface area contributed by atoms with Gasteiger partial charge in [-0.05, 0) is 42.5 Å². The molecule has 0 radical (unpaired) electrons. The standard InChI is InChI=1S/C14H9FN2O/c15-12-4-2-11(3-5-12)14-7-13-6-1-10(9-18)8-17(13)16-14/h1-9H. The number of fused-ring (bicyclic) bond motifs is 1. The first-order chi connectivity index (χ1) is 8.76. The fourth-order valence-corrected chi connectivity index (χ4v) is 1.83. The van der Waals surface area contributed by atoms with Crippen molar-refractivity contribution in [1.82, 2.24) is 9.61 Å². The van der Waals surface area contributed by atoms with E-state index in [1.807, 2.05) is 12.1 Å². The molecule has 0 unspecified atom stereocenters. The van der Waals surface area contributed by atoms with Crippen molar-refractivity contribution in [2.24, 2.45) is 0 Å². The predicted octanol–water partition coefficient (Wildman–Crippen LogP) is 2.95. The van der Waals surface area contributed by atoms with E-state index < -0.39 is 0 Å². The molecule has 2 aromatic heterocycles. The zero-order valence-corrected chi connectivity index (χ0v) is 9.38. The van der Waals surface area contributed by atoms with Gasteiger partial charge >= 0.3 is 0 Å². The number of carbonyl (C=O) groups is 1. The molecule has 3 rings (SSSR count). The smallest absolute Gasteiger partial charge is 0.151 e. The second-order valence-electron chi connectivity index (χ2n) is 3.99. The summed E-state index contributed by atoms with van der Waals surface area (Å²) >= 11 is 0. The molecule has 0 saturated heterocycles. The van der Waals surface area contributed by atoms with Crippen LogP contribution in [0.1, 0.15) is 10.4 Å². The van der Waals surface area contributed by atoms with Crippen LogP contribution in [-0.2, 0) is 0 Å². The number of hydrogen-bond acceptors (Lipinski definition) is 2. The van der Waals surface area contributed by atoms with Crippen molar-refractivity contribution in [3.63, 3.8) is 0 Å². The molecule has 2 heterocycles. The maximum Gasteiger partial charge on any atom is 0.151 e. The number of aromatic nitrogens is 2. The summed E-state index contributed by atoms with van der Waals surface area (Å²) in [5.41, 5.74) is 3.04. The fraction of sp³-hybridized carbons (Fsp3) is 0. The molecular formula is C14H9FN2O. The Morgan fingerprint density at radius 2 is 1.89 bits per heavy atom. The number of nitrogens with zero attached hydrogens (tertiary/aromatic N) is 2. The second kappa shape index (κ2) is 4.07. The largest absolute Gasteiger partial charge is 0.298 e. The number of benzene rings is 1. The summed E-state index contributed by atoms with van der Waals surface area (Å²) in [5.74, 6) is -0.272. The van der Waals surface area contributed by atoms with Gasteiger partial charge < -0.3 is 0 Å². The quantitative estimate of drug-likeness (QED) is 0.645. The van der Waals surface area contributed by atoms with Crippen LogP contribution in [0.2, 0.25) is 0 Å². The van der Waals surface area contributed by atoms with E-state index in [9.17, 15) is 9.18 Å². The molecule has 1 aromatic carbocycles. The summed E-state index contributed by atoms with van der Waals surface area (Å²) in [5, 5.41) is 4.36. The highest BCUT2D eigenvalue weighted by Crippen LogP contribution is 2.20. The summed E-state index contributed by atoms with van der Waals surface area (Å²) in [7, 11) is 0. The molecule has 0 bridgehead atoms. The topological polar surface area (TPSA) is 34.4 Å². The molecule has 88 valence electrons. The normalized spacial score (nSPS) is 10.7. The Morgan fingerprint density at radius 1 is 1.11 bits per heavy atom. The molecule has 4 heteroatoms. The fourth-order valence-electron chi connectivity index (χ4n) is 1.83. The molecule has 0 fully saturated rings. The molecule has 3 aromatic rings. The number of halogens is 1. The van der Waals surface area contributed by atoms with Crippen LogP contribution in [0.3, 0.4) is 0 Å². The van der Waals surface area contributed by atoms with Crippen LogP contribution in [0.15, 0.2) is 48.7 Å². The minimum Gasteiger partial charge on any atom is -0.298 e. The summed E-state index contributed by atoms with van der Waals surface area (Å²) < 4.78 is 14.5. The van der Waals surface area contributed by atoms with Gasteiger partial charge in [-0.25, -0.2) is 8.91 Å². The van der Waals surface area contributed by atoms with E-state index in [0.29, 0.717) is 5.56 Å². The molecule has 0 saturated carbocycles. The summed E-state index contributed by atoms with van der Waals surface area (Å²) in [6.07, 6.45) is 2.44.